The summed E-state index contributed by atoms with van der Waals surface area (Å²) in [6.45, 7) is 1.11. The number of likely N-dealkylation sites (N-methyl/N-ethyl adjacent to an activating group) is 1. The van der Waals surface area contributed by atoms with E-state index in [9.17, 15) is 0 Å². The van der Waals surface area contributed by atoms with Crippen LogP contribution in [0, 0.1) is 0 Å². The van der Waals surface area contributed by atoms with Crippen molar-refractivity contribution in [1.82, 2.24) is 15.3 Å². The zero-order chi connectivity index (χ0) is 13.0. The molecule has 0 bridgehead atoms. The Hall–Kier alpha value is -0.820. The highest BCUT2D eigenvalue weighted by Gasteiger charge is 2.27. The van der Waals surface area contributed by atoms with Crippen molar-refractivity contribution in [1.29, 1.82) is 0 Å². The smallest absolute Gasteiger partial charge is 0.0415 e. The lowest BCUT2D eigenvalue weighted by Gasteiger charge is -2.37. The lowest BCUT2D eigenvalue weighted by Crippen LogP contribution is -2.55. The van der Waals surface area contributed by atoms with Crippen molar-refractivity contribution >= 4 is 17.4 Å². The molecule has 2 atom stereocenters. The summed E-state index contributed by atoms with van der Waals surface area (Å²) in [7, 11) is 2.15. The van der Waals surface area contributed by atoms with Crippen molar-refractivity contribution in [2.75, 3.05) is 30.8 Å². The van der Waals surface area contributed by atoms with Crippen LogP contribution in [0.2, 0.25) is 0 Å². The minimum absolute atomic E-state index is 0.203. The summed E-state index contributed by atoms with van der Waals surface area (Å²) in [5, 5.41) is 0. The summed E-state index contributed by atoms with van der Waals surface area (Å²) in [6.07, 6.45) is 4.35. The van der Waals surface area contributed by atoms with Crippen LogP contribution in [0.25, 0.3) is 0 Å². The second-order valence-electron chi connectivity index (χ2n) is 4.67. The van der Waals surface area contributed by atoms with Crippen LogP contribution in [0.5, 0.6) is 0 Å². The van der Waals surface area contributed by atoms with E-state index < -0.39 is 0 Å². The number of nitrogens with two attached hydrogens (primary N) is 2. The summed E-state index contributed by atoms with van der Waals surface area (Å²) in [4.78, 5) is 6.50. The van der Waals surface area contributed by atoms with Crippen molar-refractivity contribution < 1.29 is 0 Å². The van der Waals surface area contributed by atoms with E-state index in [2.05, 4.69) is 22.4 Å². The fraction of sp³-hybridized carbons (Fsp3) is 0.583. The van der Waals surface area contributed by atoms with Gasteiger partial charge in [0.05, 0.1) is 0 Å². The number of nitrogen functional groups attached to an aromatic ring is 1. The van der Waals surface area contributed by atoms with Gasteiger partial charge in [-0.15, -0.1) is 0 Å². The van der Waals surface area contributed by atoms with E-state index in [1.54, 1.807) is 6.20 Å². The molecule has 2 rings (SSSR count). The Kier molecular flexibility index (Phi) is 4.82. The Bertz CT molecular complexity index is 386. The molecular formula is C12H21N5S. The van der Waals surface area contributed by atoms with Crippen LogP contribution in [0.1, 0.15) is 5.56 Å². The van der Waals surface area contributed by atoms with Gasteiger partial charge in [0.1, 0.15) is 0 Å². The number of hydrogen-bond donors (Lipinski definition) is 3. The molecule has 0 saturated carbocycles. The first-order valence-corrected chi connectivity index (χ1v) is 7.30. The van der Waals surface area contributed by atoms with Crippen LogP contribution in [0.4, 0.5) is 5.69 Å². The van der Waals surface area contributed by atoms with E-state index in [-0.39, 0.29) is 6.04 Å². The Balaban J connectivity index is 2.07. The minimum Gasteiger partial charge on any atom is -0.398 e. The topological polar surface area (TPSA) is 80.2 Å². The summed E-state index contributed by atoms with van der Waals surface area (Å²) < 4.78 is 0. The molecule has 1 fully saturated rings. The highest BCUT2D eigenvalue weighted by atomic mass is 32.2. The van der Waals surface area contributed by atoms with Gasteiger partial charge < -0.3 is 10.6 Å². The molecule has 0 amide bonds. The van der Waals surface area contributed by atoms with Gasteiger partial charge in [0, 0.05) is 48.2 Å². The number of anilines is 1. The number of nitrogens with zero attached hydrogens (tertiary/aromatic N) is 2. The van der Waals surface area contributed by atoms with E-state index in [0.717, 1.165) is 30.0 Å². The second-order valence-corrected chi connectivity index (χ2v) is 5.82. The first-order valence-electron chi connectivity index (χ1n) is 6.15. The maximum absolute atomic E-state index is 5.96. The van der Waals surface area contributed by atoms with Gasteiger partial charge in [-0.1, -0.05) is 0 Å². The first kappa shape index (κ1) is 13.6. The molecule has 1 aliphatic heterocycles. The highest BCUT2D eigenvalue weighted by Crippen LogP contribution is 2.20. The van der Waals surface area contributed by atoms with Gasteiger partial charge in [-0.25, -0.2) is 0 Å². The SMILES string of the molecule is CN1CCSCC1C(Cc1cnccc1N)NN. The summed E-state index contributed by atoms with van der Waals surface area (Å²) in [5.74, 6) is 8.01. The average molecular weight is 267 g/mol. The van der Waals surface area contributed by atoms with Gasteiger partial charge in [-0.2, -0.15) is 11.8 Å². The molecule has 5 N–H and O–H groups in total. The first-order chi connectivity index (χ1) is 8.72. The maximum atomic E-state index is 5.96. The summed E-state index contributed by atoms with van der Waals surface area (Å²) in [5.41, 5.74) is 10.7. The van der Waals surface area contributed by atoms with Crippen molar-refractivity contribution in [3.63, 3.8) is 0 Å². The van der Waals surface area contributed by atoms with Gasteiger partial charge in [-0.3, -0.25) is 16.3 Å². The monoisotopic (exact) mass is 267 g/mol. The average Bonchev–Trinajstić information content (AvgIpc) is 2.39. The van der Waals surface area contributed by atoms with E-state index >= 15 is 0 Å². The third-order valence-electron chi connectivity index (χ3n) is 3.50. The van der Waals surface area contributed by atoms with Crippen LogP contribution in [-0.2, 0) is 6.42 Å². The standard InChI is InChI=1S/C12H21N5S/c1-17-4-5-18-8-12(17)11(16-14)6-9-7-15-3-2-10(9)13/h2-3,7,11-12,16H,4-6,8,14H2,1H3,(H2,13,15). The van der Waals surface area contributed by atoms with Crippen LogP contribution >= 0.6 is 11.8 Å². The second kappa shape index (κ2) is 6.38. The molecular weight excluding hydrogens is 246 g/mol. The summed E-state index contributed by atoms with van der Waals surface area (Å²) >= 11 is 1.98. The minimum atomic E-state index is 0.203. The van der Waals surface area contributed by atoms with Crippen LogP contribution in [-0.4, -0.2) is 47.1 Å². The Morgan fingerprint density at radius 1 is 1.67 bits per heavy atom. The third-order valence-corrected chi connectivity index (χ3v) is 4.55. The van der Waals surface area contributed by atoms with E-state index in [1.165, 1.54) is 5.75 Å². The third kappa shape index (κ3) is 3.14. The molecule has 1 aromatic rings. The number of hydrogen-bond acceptors (Lipinski definition) is 6. The number of rotatable bonds is 4. The molecule has 0 aliphatic carbocycles. The van der Waals surface area contributed by atoms with E-state index in [0.29, 0.717) is 6.04 Å². The molecule has 18 heavy (non-hydrogen) atoms. The number of pyridine rings is 1. The van der Waals surface area contributed by atoms with Crippen molar-refractivity contribution in [3.05, 3.63) is 24.0 Å². The fourth-order valence-corrected chi connectivity index (χ4v) is 3.59. The molecule has 5 nitrogen and oxygen atoms in total. The Morgan fingerprint density at radius 3 is 3.17 bits per heavy atom. The molecule has 100 valence electrons. The molecule has 1 aromatic heterocycles. The Morgan fingerprint density at radius 2 is 2.50 bits per heavy atom. The predicted octanol–water partition coefficient (Wildman–Crippen LogP) is 0.0854. The van der Waals surface area contributed by atoms with Crippen LogP contribution in [0.15, 0.2) is 18.5 Å². The summed E-state index contributed by atoms with van der Waals surface area (Å²) in [6, 6.07) is 2.48. The van der Waals surface area contributed by atoms with Gasteiger partial charge in [0.25, 0.3) is 0 Å². The predicted molar refractivity (Wildman–Crippen MR) is 77.2 cm³/mol. The molecule has 2 heterocycles. The van der Waals surface area contributed by atoms with Crippen LogP contribution in [0.3, 0.4) is 0 Å². The van der Waals surface area contributed by atoms with Crippen molar-refractivity contribution in [3.8, 4) is 0 Å². The molecule has 1 saturated heterocycles. The zero-order valence-corrected chi connectivity index (χ0v) is 11.5. The van der Waals surface area contributed by atoms with Gasteiger partial charge in [-0.05, 0) is 25.1 Å². The lowest BCUT2D eigenvalue weighted by molar-refractivity contribution is 0.214. The fourth-order valence-electron chi connectivity index (χ4n) is 2.28. The zero-order valence-electron chi connectivity index (χ0n) is 10.7. The largest absolute Gasteiger partial charge is 0.398 e. The number of aromatic nitrogens is 1. The lowest BCUT2D eigenvalue weighted by atomic mass is 10.00. The number of nitrogens with one attached hydrogen (secondary N) is 1. The van der Waals surface area contributed by atoms with Crippen molar-refractivity contribution in [2.24, 2.45) is 5.84 Å². The Labute approximate surface area is 112 Å². The number of hydrazine groups is 1. The van der Waals surface area contributed by atoms with Crippen LogP contribution < -0.4 is 17.0 Å². The molecule has 1 aliphatic rings. The molecule has 6 heteroatoms. The van der Waals surface area contributed by atoms with E-state index in [1.807, 2.05) is 24.0 Å². The number of thioether (sulfide) groups is 1. The van der Waals surface area contributed by atoms with E-state index in [4.69, 9.17) is 11.6 Å². The van der Waals surface area contributed by atoms with Gasteiger partial charge in [0.15, 0.2) is 0 Å². The highest BCUT2D eigenvalue weighted by molar-refractivity contribution is 7.99. The molecule has 2 unspecified atom stereocenters. The quantitative estimate of drug-likeness (QED) is 0.530. The molecule has 0 radical (unpaired) electrons. The normalized spacial score (nSPS) is 22.9. The molecule has 0 aromatic carbocycles. The maximum Gasteiger partial charge on any atom is 0.0415 e. The van der Waals surface area contributed by atoms with Crippen molar-refractivity contribution in [2.45, 2.75) is 18.5 Å². The molecule has 0 spiro atoms. The van der Waals surface area contributed by atoms with Gasteiger partial charge >= 0.3 is 0 Å². The van der Waals surface area contributed by atoms with Gasteiger partial charge in [0.2, 0.25) is 0 Å².